The second kappa shape index (κ2) is 7.02. The number of phenolic OH excluding ortho intramolecular Hbond substituents is 2. The lowest BCUT2D eigenvalue weighted by Gasteiger charge is -2.14. The monoisotopic (exact) mass is 266 g/mol. The SMILES string of the molecule is CCCc1cc(C(=O)OCC)c(O)c(CCC)c1O. The molecule has 1 aromatic carbocycles. The first-order valence-electron chi connectivity index (χ1n) is 6.80. The summed E-state index contributed by atoms with van der Waals surface area (Å²) in [7, 11) is 0. The Labute approximate surface area is 114 Å². The molecule has 0 bridgehead atoms. The maximum Gasteiger partial charge on any atom is 0.341 e. The van der Waals surface area contributed by atoms with Crippen LogP contribution in [0.15, 0.2) is 6.07 Å². The van der Waals surface area contributed by atoms with Gasteiger partial charge in [0, 0.05) is 5.56 Å². The highest BCUT2D eigenvalue weighted by molar-refractivity contribution is 5.93. The molecule has 0 heterocycles. The summed E-state index contributed by atoms with van der Waals surface area (Å²) in [6.45, 7) is 5.92. The number of esters is 1. The Balaban J connectivity index is 3.33. The fourth-order valence-electron chi connectivity index (χ4n) is 2.09. The molecule has 4 nitrogen and oxygen atoms in total. The standard InChI is InChI=1S/C15H22O4/c1-4-7-10-9-12(15(18)19-6-3)14(17)11(8-5-2)13(10)16/h9,16-17H,4-8H2,1-3H3. The normalized spacial score (nSPS) is 10.5. The third-order valence-electron chi connectivity index (χ3n) is 2.96. The van der Waals surface area contributed by atoms with Crippen molar-refractivity contribution in [2.24, 2.45) is 0 Å². The number of benzene rings is 1. The smallest absolute Gasteiger partial charge is 0.341 e. The van der Waals surface area contributed by atoms with Crippen molar-refractivity contribution in [2.75, 3.05) is 6.61 Å². The molecule has 106 valence electrons. The average molecular weight is 266 g/mol. The molecule has 0 radical (unpaired) electrons. The fraction of sp³-hybridized carbons (Fsp3) is 0.533. The minimum Gasteiger partial charge on any atom is -0.507 e. The zero-order valence-corrected chi connectivity index (χ0v) is 11.8. The molecule has 0 spiro atoms. The Morgan fingerprint density at radius 2 is 1.74 bits per heavy atom. The van der Waals surface area contributed by atoms with Gasteiger partial charge in [-0.25, -0.2) is 4.79 Å². The van der Waals surface area contributed by atoms with Crippen LogP contribution in [-0.4, -0.2) is 22.8 Å². The second-order valence-corrected chi connectivity index (χ2v) is 4.48. The minimum absolute atomic E-state index is 0.106. The molecule has 0 saturated heterocycles. The third-order valence-corrected chi connectivity index (χ3v) is 2.96. The van der Waals surface area contributed by atoms with Gasteiger partial charge in [0.05, 0.1) is 6.61 Å². The number of aryl methyl sites for hydroxylation is 1. The summed E-state index contributed by atoms with van der Waals surface area (Å²) in [5.41, 5.74) is 1.27. The van der Waals surface area contributed by atoms with Crippen LogP contribution in [0.25, 0.3) is 0 Å². The van der Waals surface area contributed by atoms with Crippen molar-refractivity contribution >= 4 is 5.97 Å². The zero-order valence-electron chi connectivity index (χ0n) is 11.8. The van der Waals surface area contributed by atoms with Crippen LogP contribution in [0.1, 0.15) is 55.1 Å². The molecule has 4 heteroatoms. The molecule has 0 saturated carbocycles. The van der Waals surface area contributed by atoms with E-state index in [2.05, 4.69) is 0 Å². The maximum atomic E-state index is 11.8. The van der Waals surface area contributed by atoms with Crippen molar-refractivity contribution in [1.82, 2.24) is 0 Å². The largest absolute Gasteiger partial charge is 0.507 e. The van der Waals surface area contributed by atoms with E-state index in [1.54, 1.807) is 6.92 Å². The molecule has 1 rings (SSSR count). The number of phenols is 2. The first-order valence-corrected chi connectivity index (χ1v) is 6.80. The molecule has 0 unspecified atom stereocenters. The summed E-state index contributed by atoms with van der Waals surface area (Å²) in [5.74, 6) is -0.596. The van der Waals surface area contributed by atoms with E-state index in [1.165, 1.54) is 6.07 Å². The molecular formula is C15H22O4. The highest BCUT2D eigenvalue weighted by Crippen LogP contribution is 2.36. The van der Waals surface area contributed by atoms with Gasteiger partial charge in [-0.1, -0.05) is 26.7 Å². The molecular weight excluding hydrogens is 244 g/mol. The van der Waals surface area contributed by atoms with Crippen molar-refractivity contribution in [3.8, 4) is 11.5 Å². The molecule has 19 heavy (non-hydrogen) atoms. The molecule has 2 N–H and O–H groups in total. The van der Waals surface area contributed by atoms with Gasteiger partial charge in [0.25, 0.3) is 0 Å². The minimum atomic E-state index is -0.547. The molecule has 0 aliphatic rings. The Morgan fingerprint density at radius 1 is 1.11 bits per heavy atom. The van der Waals surface area contributed by atoms with Crippen LogP contribution in [0.4, 0.5) is 0 Å². The molecule has 0 atom stereocenters. The Kier molecular flexibility index (Phi) is 5.67. The summed E-state index contributed by atoms with van der Waals surface area (Å²) < 4.78 is 4.93. The van der Waals surface area contributed by atoms with Crippen molar-refractivity contribution < 1.29 is 19.7 Å². The Bertz CT molecular complexity index is 452. The quantitative estimate of drug-likeness (QED) is 0.776. The molecule has 0 fully saturated rings. The van der Waals surface area contributed by atoms with Gasteiger partial charge in [-0.2, -0.15) is 0 Å². The number of hydrogen-bond acceptors (Lipinski definition) is 4. The van der Waals surface area contributed by atoms with Gasteiger partial charge in [0.1, 0.15) is 17.1 Å². The van der Waals surface area contributed by atoms with E-state index in [4.69, 9.17) is 4.74 Å². The average Bonchev–Trinajstić information content (AvgIpc) is 2.38. The van der Waals surface area contributed by atoms with Crippen molar-refractivity contribution in [3.63, 3.8) is 0 Å². The topological polar surface area (TPSA) is 66.8 Å². The van der Waals surface area contributed by atoms with E-state index in [9.17, 15) is 15.0 Å². The molecule has 0 amide bonds. The van der Waals surface area contributed by atoms with Crippen LogP contribution in [0, 0.1) is 0 Å². The molecule has 0 aromatic heterocycles. The van der Waals surface area contributed by atoms with Crippen molar-refractivity contribution in [3.05, 3.63) is 22.8 Å². The van der Waals surface area contributed by atoms with E-state index in [0.29, 0.717) is 24.0 Å². The Hall–Kier alpha value is -1.71. The summed E-state index contributed by atoms with van der Waals surface area (Å²) in [6, 6.07) is 1.53. The van der Waals surface area contributed by atoms with Crippen LogP contribution >= 0.6 is 0 Å². The summed E-state index contributed by atoms with van der Waals surface area (Å²) in [4.78, 5) is 11.8. The molecule has 0 aliphatic heterocycles. The third kappa shape index (κ3) is 3.40. The van der Waals surface area contributed by atoms with Crippen molar-refractivity contribution in [1.29, 1.82) is 0 Å². The fourth-order valence-corrected chi connectivity index (χ4v) is 2.09. The Morgan fingerprint density at radius 3 is 2.26 bits per heavy atom. The number of hydrogen-bond donors (Lipinski definition) is 2. The van der Waals surface area contributed by atoms with Gasteiger partial charge < -0.3 is 14.9 Å². The zero-order chi connectivity index (χ0) is 14.4. The van der Waals surface area contributed by atoms with Crippen LogP contribution < -0.4 is 0 Å². The summed E-state index contributed by atoms with van der Waals surface area (Å²) in [5, 5.41) is 20.3. The lowest BCUT2D eigenvalue weighted by Crippen LogP contribution is -2.07. The summed E-state index contributed by atoms with van der Waals surface area (Å²) >= 11 is 0. The van der Waals surface area contributed by atoms with E-state index in [0.717, 1.165) is 12.8 Å². The number of aromatic hydroxyl groups is 2. The number of rotatable bonds is 6. The highest BCUT2D eigenvalue weighted by Gasteiger charge is 2.21. The predicted octanol–water partition coefficient (Wildman–Crippen LogP) is 3.18. The van der Waals surface area contributed by atoms with Crippen LogP contribution in [0.3, 0.4) is 0 Å². The van der Waals surface area contributed by atoms with E-state index < -0.39 is 5.97 Å². The number of carbonyl (C=O) groups is 1. The van der Waals surface area contributed by atoms with Crippen LogP contribution in [0.5, 0.6) is 11.5 Å². The number of ether oxygens (including phenoxy) is 1. The summed E-state index contributed by atoms with van der Waals surface area (Å²) in [6.07, 6.45) is 2.82. The maximum absolute atomic E-state index is 11.8. The van der Waals surface area contributed by atoms with Crippen LogP contribution in [0.2, 0.25) is 0 Å². The lowest BCUT2D eigenvalue weighted by atomic mass is 9.96. The highest BCUT2D eigenvalue weighted by atomic mass is 16.5. The molecule has 0 aliphatic carbocycles. The van der Waals surface area contributed by atoms with Gasteiger partial charge >= 0.3 is 5.97 Å². The first-order chi connectivity index (χ1) is 9.06. The number of carbonyl (C=O) groups excluding carboxylic acids is 1. The van der Waals surface area contributed by atoms with Crippen LogP contribution in [-0.2, 0) is 17.6 Å². The predicted molar refractivity (Wildman–Crippen MR) is 73.7 cm³/mol. The first kappa shape index (κ1) is 15.3. The van der Waals surface area contributed by atoms with E-state index in [-0.39, 0.29) is 23.7 Å². The van der Waals surface area contributed by atoms with Gasteiger partial charge in [-0.3, -0.25) is 0 Å². The van der Waals surface area contributed by atoms with Gasteiger partial charge in [-0.15, -0.1) is 0 Å². The van der Waals surface area contributed by atoms with Gasteiger partial charge in [-0.05, 0) is 31.4 Å². The van der Waals surface area contributed by atoms with Gasteiger partial charge in [0.15, 0.2) is 0 Å². The van der Waals surface area contributed by atoms with E-state index in [1.807, 2.05) is 13.8 Å². The second-order valence-electron chi connectivity index (χ2n) is 4.48. The van der Waals surface area contributed by atoms with Crippen molar-refractivity contribution in [2.45, 2.75) is 46.5 Å². The van der Waals surface area contributed by atoms with E-state index >= 15 is 0 Å². The lowest BCUT2D eigenvalue weighted by molar-refractivity contribution is 0.0522. The molecule has 1 aromatic rings. The van der Waals surface area contributed by atoms with Gasteiger partial charge in [0.2, 0.25) is 0 Å².